The van der Waals surface area contributed by atoms with Gasteiger partial charge in [-0.1, -0.05) is 0 Å². The van der Waals surface area contributed by atoms with E-state index in [1.165, 1.54) is 11.1 Å². The SMILES string of the molecule is COc1cc2c(cc1OC)CC(NC(=O)[C@@H](N)CCSC)CC2.Cl. The van der Waals surface area contributed by atoms with Crippen LogP contribution in [0.4, 0.5) is 0 Å². The van der Waals surface area contributed by atoms with Crippen LogP contribution in [0.25, 0.3) is 0 Å². The summed E-state index contributed by atoms with van der Waals surface area (Å²) < 4.78 is 10.7. The number of nitrogens with two attached hydrogens (primary N) is 1. The summed E-state index contributed by atoms with van der Waals surface area (Å²) in [7, 11) is 3.28. The van der Waals surface area contributed by atoms with Crippen LogP contribution in [0.3, 0.4) is 0 Å². The average Bonchev–Trinajstić information content (AvgIpc) is 2.58. The monoisotopic (exact) mass is 374 g/mol. The molecule has 1 aromatic carbocycles. The van der Waals surface area contributed by atoms with Crippen LogP contribution in [0.5, 0.6) is 11.5 Å². The van der Waals surface area contributed by atoms with Gasteiger partial charge in [0.1, 0.15) is 0 Å². The molecule has 1 aliphatic rings. The minimum atomic E-state index is -0.422. The Balaban J connectivity index is 0.00000288. The van der Waals surface area contributed by atoms with E-state index in [0.29, 0.717) is 6.42 Å². The normalized spacial score (nSPS) is 17.2. The molecule has 136 valence electrons. The minimum absolute atomic E-state index is 0. The van der Waals surface area contributed by atoms with E-state index >= 15 is 0 Å². The summed E-state index contributed by atoms with van der Waals surface area (Å²) in [5, 5.41) is 3.09. The molecule has 2 atom stereocenters. The van der Waals surface area contributed by atoms with Crippen LogP contribution < -0.4 is 20.5 Å². The quantitative estimate of drug-likeness (QED) is 0.765. The first kappa shape index (κ1) is 20.9. The van der Waals surface area contributed by atoms with Gasteiger partial charge >= 0.3 is 0 Å². The third kappa shape index (κ3) is 5.19. The van der Waals surface area contributed by atoms with Gasteiger partial charge in [-0.2, -0.15) is 11.8 Å². The molecule has 0 radical (unpaired) electrons. The fraction of sp³-hybridized carbons (Fsp3) is 0.588. The van der Waals surface area contributed by atoms with Gasteiger partial charge < -0.3 is 20.5 Å². The molecule has 5 nitrogen and oxygen atoms in total. The van der Waals surface area contributed by atoms with Gasteiger partial charge in [0.05, 0.1) is 20.3 Å². The van der Waals surface area contributed by atoms with Crippen molar-refractivity contribution in [1.29, 1.82) is 0 Å². The van der Waals surface area contributed by atoms with Gasteiger partial charge in [-0.05, 0) is 61.0 Å². The number of amides is 1. The number of methoxy groups -OCH3 is 2. The van der Waals surface area contributed by atoms with Crippen molar-refractivity contribution in [2.75, 3.05) is 26.2 Å². The van der Waals surface area contributed by atoms with Gasteiger partial charge in [-0.25, -0.2) is 0 Å². The number of halogens is 1. The van der Waals surface area contributed by atoms with Crippen LogP contribution in [0.15, 0.2) is 12.1 Å². The number of rotatable bonds is 7. The zero-order valence-corrected chi connectivity index (χ0v) is 16.1. The number of carbonyl (C=O) groups is 1. The largest absolute Gasteiger partial charge is 0.493 e. The molecule has 0 spiro atoms. The average molecular weight is 375 g/mol. The standard InChI is InChI=1S/C17H26N2O3S.ClH/c1-21-15-9-11-4-5-13(8-12(11)10-16(15)22-2)19-17(20)14(18)6-7-23-3;/h9-10,13-14H,4-8,18H2,1-3H3,(H,19,20);1H/t13?,14-;/m0./s1. The van der Waals surface area contributed by atoms with Crippen molar-refractivity contribution in [3.63, 3.8) is 0 Å². The van der Waals surface area contributed by atoms with Crippen molar-refractivity contribution in [2.45, 2.75) is 37.8 Å². The smallest absolute Gasteiger partial charge is 0.237 e. The molecular formula is C17H27ClN2O3S. The maximum absolute atomic E-state index is 12.2. The highest BCUT2D eigenvalue weighted by atomic mass is 35.5. The van der Waals surface area contributed by atoms with E-state index in [1.807, 2.05) is 18.4 Å². The fourth-order valence-electron chi connectivity index (χ4n) is 2.89. The van der Waals surface area contributed by atoms with Gasteiger partial charge in [0, 0.05) is 6.04 Å². The second-order valence-electron chi connectivity index (χ2n) is 5.81. The summed E-state index contributed by atoms with van der Waals surface area (Å²) >= 11 is 1.71. The first-order chi connectivity index (χ1) is 11.1. The highest BCUT2D eigenvalue weighted by Crippen LogP contribution is 2.34. The first-order valence-corrected chi connectivity index (χ1v) is 9.27. The van der Waals surface area contributed by atoms with Gasteiger partial charge in [-0.3, -0.25) is 4.79 Å². The van der Waals surface area contributed by atoms with E-state index in [-0.39, 0.29) is 24.4 Å². The molecule has 1 amide bonds. The van der Waals surface area contributed by atoms with E-state index in [0.717, 1.165) is 36.5 Å². The lowest BCUT2D eigenvalue weighted by Gasteiger charge is -2.27. The van der Waals surface area contributed by atoms with E-state index in [4.69, 9.17) is 15.2 Å². The second-order valence-corrected chi connectivity index (χ2v) is 6.80. The molecule has 0 aliphatic heterocycles. The Labute approximate surface area is 154 Å². The Morgan fingerprint density at radius 2 is 1.96 bits per heavy atom. The molecule has 3 N–H and O–H groups in total. The highest BCUT2D eigenvalue weighted by molar-refractivity contribution is 7.98. The molecule has 1 unspecified atom stereocenters. The van der Waals surface area contributed by atoms with E-state index in [1.54, 1.807) is 26.0 Å². The number of carbonyl (C=O) groups excluding carboxylic acids is 1. The molecule has 0 fully saturated rings. The van der Waals surface area contributed by atoms with Crippen LogP contribution in [-0.4, -0.2) is 44.2 Å². The minimum Gasteiger partial charge on any atom is -0.493 e. The molecular weight excluding hydrogens is 348 g/mol. The Morgan fingerprint density at radius 3 is 2.54 bits per heavy atom. The zero-order valence-electron chi connectivity index (χ0n) is 14.5. The Bertz CT molecular complexity index is 557. The molecule has 1 aliphatic carbocycles. The number of hydrogen-bond donors (Lipinski definition) is 2. The predicted molar refractivity (Wildman–Crippen MR) is 102 cm³/mol. The lowest BCUT2D eigenvalue weighted by molar-refractivity contribution is -0.123. The number of thioether (sulfide) groups is 1. The van der Waals surface area contributed by atoms with Crippen molar-refractivity contribution in [2.24, 2.45) is 5.73 Å². The maximum atomic E-state index is 12.2. The number of aryl methyl sites for hydroxylation is 1. The number of fused-ring (bicyclic) bond motifs is 1. The zero-order chi connectivity index (χ0) is 16.8. The predicted octanol–water partition coefficient (Wildman–Crippen LogP) is 2.18. The third-order valence-corrected chi connectivity index (χ3v) is 4.89. The Morgan fingerprint density at radius 1 is 1.33 bits per heavy atom. The van der Waals surface area contributed by atoms with Gasteiger partial charge in [0.25, 0.3) is 0 Å². The molecule has 0 saturated heterocycles. The van der Waals surface area contributed by atoms with E-state index in [2.05, 4.69) is 5.32 Å². The molecule has 24 heavy (non-hydrogen) atoms. The topological polar surface area (TPSA) is 73.6 Å². The molecule has 7 heteroatoms. The summed E-state index contributed by atoms with van der Waals surface area (Å²) in [6.45, 7) is 0. The summed E-state index contributed by atoms with van der Waals surface area (Å²) in [4.78, 5) is 12.2. The Kier molecular flexibility index (Phi) is 8.73. The lowest BCUT2D eigenvalue weighted by atomic mass is 9.87. The molecule has 2 rings (SSSR count). The van der Waals surface area contributed by atoms with Gasteiger partial charge in [0.2, 0.25) is 5.91 Å². The van der Waals surface area contributed by atoms with Gasteiger partial charge in [0.15, 0.2) is 11.5 Å². The van der Waals surface area contributed by atoms with Crippen molar-refractivity contribution in [3.05, 3.63) is 23.3 Å². The van der Waals surface area contributed by atoms with Crippen molar-refractivity contribution in [1.82, 2.24) is 5.32 Å². The molecule has 0 aromatic heterocycles. The summed E-state index contributed by atoms with van der Waals surface area (Å²) in [5.41, 5.74) is 8.41. The molecule has 0 saturated carbocycles. The van der Waals surface area contributed by atoms with Crippen LogP contribution in [0.2, 0.25) is 0 Å². The number of ether oxygens (including phenoxy) is 2. The van der Waals surface area contributed by atoms with Crippen molar-refractivity contribution in [3.8, 4) is 11.5 Å². The lowest BCUT2D eigenvalue weighted by Crippen LogP contribution is -2.47. The molecule has 0 heterocycles. The molecule has 0 bridgehead atoms. The van der Waals surface area contributed by atoms with Crippen LogP contribution >= 0.6 is 24.2 Å². The first-order valence-electron chi connectivity index (χ1n) is 7.87. The van der Waals surface area contributed by atoms with E-state index in [9.17, 15) is 4.79 Å². The fourth-order valence-corrected chi connectivity index (χ4v) is 3.38. The maximum Gasteiger partial charge on any atom is 0.237 e. The molecule has 1 aromatic rings. The van der Waals surface area contributed by atoms with Crippen LogP contribution in [-0.2, 0) is 17.6 Å². The van der Waals surface area contributed by atoms with Crippen LogP contribution in [0, 0.1) is 0 Å². The van der Waals surface area contributed by atoms with Crippen LogP contribution in [0.1, 0.15) is 24.0 Å². The summed E-state index contributed by atoms with van der Waals surface area (Å²) in [6, 6.07) is 3.76. The van der Waals surface area contributed by atoms with Crippen molar-refractivity contribution < 1.29 is 14.3 Å². The van der Waals surface area contributed by atoms with Gasteiger partial charge in [-0.15, -0.1) is 12.4 Å². The third-order valence-electron chi connectivity index (χ3n) is 4.25. The van der Waals surface area contributed by atoms with Crippen molar-refractivity contribution >= 4 is 30.1 Å². The summed E-state index contributed by atoms with van der Waals surface area (Å²) in [6.07, 6.45) is 5.37. The second kappa shape index (κ2) is 10.0. The number of hydrogen-bond acceptors (Lipinski definition) is 5. The number of benzene rings is 1. The summed E-state index contributed by atoms with van der Waals surface area (Å²) in [5.74, 6) is 2.34. The van der Waals surface area contributed by atoms with E-state index < -0.39 is 6.04 Å². The number of nitrogens with one attached hydrogen (secondary N) is 1. The highest BCUT2D eigenvalue weighted by Gasteiger charge is 2.24. The Hall–Kier alpha value is -1.11.